The van der Waals surface area contributed by atoms with Crippen molar-refractivity contribution in [3.63, 3.8) is 0 Å². The lowest BCUT2D eigenvalue weighted by Crippen LogP contribution is -2.55. The summed E-state index contributed by atoms with van der Waals surface area (Å²) in [5.41, 5.74) is -2.40. The number of piperidine rings is 1. The van der Waals surface area contributed by atoms with Crippen molar-refractivity contribution in [3.8, 4) is 6.07 Å². The predicted octanol–water partition coefficient (Wildman–Crippen LogP) is 4.15. The van der Waals surface area contributed by atoms with Crippen LogP contribution in [0.3, 0.4) is 0 Å². The first-order chi connectivity index (χ1) is 19.5. The van der Waals surface area contributed by atoms with Gasteiger partial charge in [0.15, 0.2) is 10.8 Å². The van der Waals surface area contributed by atoms with Gasteiger partial charge in [-0.3, -0.25) is 14.5 Å². The Morgan fingerprint density at radius 2 is 1.83 bits per heavy atom. The summed E-state index contributed by atoms with van der Waals surface area (Å²) >= 11 is 5.61. The molecule has 0 unspecified atom stereocenters. The van der Waals surface area contributed by atoms with Gasteiger partial charge in [-0.05, 0) is 80.6 Å². The molecule has 2 aromatic rings. The van der Waals surface area contributed by atoms with Crippen molar-refractivity contribution in [1.82, 2.24) is 15.2 Å². The van der Waals surface area contributed by atoms with Gasteiger partial charge < -0.3 is 20.2 Å². The summed E-state index contributed by atoms with van der Waals surface area (Å²) in [7, 11) is 0. The molecule has 0 bridgehead atoms. The number of hydrogen-bond donors (Lipinski definition) is 2. The SMILES string of the molecule is N#Cc1ncc(N2C(=O)C3(CCC3)N(c3ccc(C(=O)NCC4CCN(C(=O)O)CC4)cc3)C2=S)cc1C(F)(F)F. The van der Waals surface area contributed by atoms with Gasteiger partial charge in [-0.2, -0.15) is 18.4 Å². The van der Waals surface area contributed by atoms with Crippen LogP contribution in [-0.4, -0.2) is 63.2 Å². The normalized spacial score (nSPS) is 18.8. The van der Waals surface area contributed by atoms with Crippen molar-refractivity contribution >= 4 is 46.6 Å². The Hall–Kier alpha value is -4.25. The fraction of sp³-hybridized carbons (Fsp3) is 0.407. The van der Waals surface area contributed by atoms with Crippen LogP contribution < -0.4 is 15.1 Å². The van der Waals surface area contributed by atoms with Crippen LogP contribution in [0.4, 0.5) is 29.3 Å². The van der Waals surface area contributed by atoms with Gasteiger partial charge in [-0.1, -0.05) is 0 Å². The molecule has 0 radical (unpaired) electrons. The lowest BCUT2D eigenvalue weighted by atomic mass is 9.75. The molecule has 41 heavy (non-hydrogen) atoms. The minimum Gasteiger partial charge on any atom is -0.465 e. The predicted molar refractivity (Wildman–Crippen MR) is 144 cm³/mol. The molecule has 1 saturated carbocycles. The Kier molecular flexibility index (Phi) is 7.33. The topological polar surface area (TPSA) is 130 Å². The molecule has 14 heteroatoms. The maximum absolute atomic E-state index is 13.6. The molecule has 10 nitrogen and oxygen atoms in total. The molecule has 3 amide bonds. The van der Waals surface area contributed by atoms with E-state index >= 15 is 0 Å². The Bertz CT molecular complexity index is 1450. The van der Waals surface area contributed by atoms with Crippen molar-refractivity contribution in [1.29, 1.82) is 5.26 Å². The molecule has 3 aliphatic rings. The number of likely N-dealkylation sites (tertiary alicyclic amines) is 1. The summed E-state index contributed by atoms with van der Waals surface area (Å²) in [5, 5.41) is 21.0. The number of rotatable bonds is 5. The molecule has 3 fully saturated rings. The van der Waals surface area contributed by atoms with Gasteiger partial charge in [-0.25, -0.2) is 9.78 Å². The number of carbonyl (C=O) groups excluding carboxylic acids is 2. The molecule has 2 aliphatic heterocycles. The molecule has 1 aromatic heterocycles. The summed E-state index contributed by atoms with van der Waals surface area (Å²) < 4.78 is 40.7. The van der Waals surface area contributed by atoms with E-state index in [9.17, 15) is 27.6 Å². The maximum atomic E-state index is 13.6. The number of nitriles is 1. The van der Waals surface area contributed by atoms with Crippen LogP contribution in [0.1, 0.15) is 53.7 Å². The number of alkyl halides is 3. The number of hydrogen-bond acceptors (Lipinski definition) is 6. The van der Waals surface area contributed by atoms with E-state index < -0.39 is 35.0 Å². The molecular formula is C27H25F3N6O4S. The molecular weight excluding hydrogens is 561 g/mol. The number of aromatic nitrogens is 1. The number of carbonyl (C=O) groups is 3. The largest absolute Gasteiger partial charge is 0.465 e. The van der Waals surface area contributed by atoms with Crippen molar-refractivity contribution in [2.75, 3.05) is 29.4 Å². The fourth-order valence-corrected chi connectivity index (χ4v) is 5.99. The number of benzene rings is 1. The molecule has 1 aromatic carbocycles. The Balaban J connectivity index is 1.33. The number of halogens is 3. The zero-order valence-electron chi connectivity index (χ0n) is 21.6. The number of anilines is 2. The van der Waals surface area contributed by atoms with E-state index in [4.69, 9.17) is 22.6 Å². The number of nitrogens with zero attached hydrogens (tertiary/aromatic N) is 5. The van der Waals surface area contributed by atoms with E-state index in [1.165, 1.54) is 11.0 Å². The highest BCUT2D eigenvalue weighted by Gasteiger charge is 2.59. The van der Waals surface area contributed by atoms with Crippen LogP contribution in [0.25, 0.3) is 0 Å². The number of carboxylic acid groups (broad SMARTS) is 1. The minimum atomic E-state index is -4.85. The van der Waals surface area contributed by atoms with E-state index in [2.05, 4.69) is 10.3 Å². The average Bonchev–Trinajstić information content (AvgIpc) is 3.17. The molecule has 1 aliphatic carbocycles. The Labute approximate surface area is 238 Å². The van der Waals surface area contributed by atoms with Crippen molar-refractivity contribution in [2.45, 2.75) is 43.8 Å². The number of pyridine rings is 1. The highest BCUT2D eigenvalue weighted by Crippen LogP contribution is 2.48. The van der Waals surface area contributed by atoms with Gasteiger partial charge in [0.25, 0.3) is 11.8 Å². The summed E-state index contributed by atoms with van der Waals surface area (Å²) in [5.74, 6) is -0.606. The number of nitrogens with one attached hydrogen (secondary N) is 1. The van der Waals surface area contributed by atoms with E-state index in [0.717, 1.165) is 17.5 Å². The van der Waals surface area contributed by atoms with E-state index in [1.807, 2.05) is 0 Å². The monoisotopic (exact) mass is 586 g/mol. The van der Waals surface area contributed by atoms with Gasteiger partial charge in [-0.15, -0.1) is 0 Å². The molecule has 1 spiro atoms. The summed E-state index contributed by atoms with van der Waals surface area (Å²) in [6.45, 7) is 1.26. The number of thiocarbonyl (C=S) groups is 1. The third kappa shape index (κ3) is 5.06. The zero-order chi connectivity index (χ0) is 29.5. The molecule has 3 heterocycles. The quantitative estimate of drug-likeness (QED) is 0.500. The summed E-state index contributed by atoms with van der Waals surface area (Å²) in [6.07, 6.45) is -1.83. The van der Waals surface area contributed by atoms with Crippen LogP contribution in [0, 0.1) is 17.2 Å². The first-order valence-corrected chi connectivity index (χ1v) is 13.4. The minimum absolute atomic E-state index is 0.0146. The van der Waals surface area contributed by atoms with Crippen LogP contribution in [0.2, 0.25) is 0 Å². The van der Waals surface area contributed by atoms with Gasteiger partial charge in [0.2, 0.25) is 0 Å². The Morgan fingerprint density at radius 1 is 1.17 bits per heavy atom. The molecule has 214 valence electrons. The maximum Gasteiger partial charge on any atom is 0.419 e. The third-order valence-corrected chi connectivity index (χ3v) is 8.32. The average molecular weight is 587 g/mol. The van der Waals surface area contributed by atoms with E-state index in [1.54, 1.807) is 29.2 Å². The molecule has 2 N–H and O–H groups in total. The van der Waals surface area contributed by atoms with Gasteiger partial charge >= 0.3 is 12.3 Å². The van der Waals surface area contributed by atoms with Gasteiger partial charge in [0.1, 0.15) is 11.6 Å². The smallest absolute Gasteiger partial charge is 0.419 e. The first-order valence-electron chi connectivity index (χ1n) is 13.0. The van der Waals surface area contributed by atoms with Crippen molar-refractivity contribution in [2.24, 2.45) is 5.92 Å². The van der Waals surface area contributed by atoms with E-state index in [0.29, 0.717) is 62.6 Å². The van der Waals surface area contributed by atoms with Crippen LogP contribution in [0.5, 0.6) is 0 Å². The number of amides is 3. The molecule has 2 saturated heterocycles. The van der Waals surface area contributed by atoms with Gasteiger partial charge in [0.05, 0.1) is 17.4 Å². The second-order valence-electron chi connectivity index (χ2n) is 10.3. The third-order valence-electron chi connectivity index (χ3n) is 7.96. The Morgan fingerprint density at radius 3 is 2.37 bits per heavy atom. The standard InChI is InChI=1S/C27H25F3N6O4S/c28-27(29,30)20-12-19(15-32-21(20)13-31)35-23(38)26(8-1-9-26)36(24(35)41)18-4-2-17(3-5-18)22(37)33-14-16-6-10-34(11-7-16)25(39)40/h2-5,12,15-16H,1,6-11,14H2,(H,33,37)(H,39,40). The van der Waals surface area contributed by atoms with Crippen LogP contribution >= 0.6 is 12.2 Å². The molecule has 0 atom stereocenters. The lowest BCUT2D eigenvalue weighted by Gasteiger charge is -2.43. The summed E-state index contributed by atoms with van der Waals surface area (Å²) in [4.78, 5) is 45.1. The molecule has 5 rings (SSSR count). The lowest BCUT2D eigenvalue weighted by molar-refractivity contribution is -0.138. The van der Waals surface area contributed by atoms with Crippen LogP contribution in [0.15, 0.2) is 36.5 Å². The van der Waals surface area contributed by atoms with Crippen molar-refractivity contribution in [3.05, 3.63) is 53.3 Å². The summed E-state index contributed by atoms with van der Waals surface area (Å²) in [6, 6.07) is 8.60. The fourth-order valence-electron chi connectivity index (χ4n) is 5.52. The highest BCUT2D eigenvalue weighted by molar-refractivity contribution is 7.81. The van der Waals surface area contributed by atoms with E-state index in [-0.39, 0.29) is 22.6 Å². The zero-order valence-corrected chi connectivity index (χ0v) is 22.5. The highest BCUT2D eigenvalue weighted by atomic mass is 32.1. The van der Waals surface area contributed by atoms with Crippen LogP contribution in [-0.2, 0) is 11.0 Å². The first kappa shape index (κ1) is 28.3. The van der Waals surface area contributed by atoms with Gasteiger partial charge in [0, 0.05) is 30.9 Å². The van der Waals surface area contributed by atoms with Crippen molar-refractivity contribution < 1.29 is 32.7 Å². The second kappa shape index (κ2) is 10.6. The second-order valence-corrected chi connectivity index (χ2v) is 10.7.